The summed E-state index contributed by atoms with van der Waals surface area (Å²) in [6, 6.07) is 6.42. The van der Waals surface area contributed by atoms with Crippen molar-refractivity contribution < 1.29 is 14.6 Å². The van der Waals surface area contributed by atoms with Crippen molar-refractivity contribution >= 4 is 11.8 Å². The number of nitrogens with two attached hydrogens (primary N) is 1. The number of ether oxygens (including phenoxy) is 1. The van der Waals surface area contributed by atoms with E-state index >= 15 is 0 Å². The number of carboxylic acids is 1. The second kappa shape index (κ2) is 4.27. The Morgan fingerprint density at radius 3 is 2.86 bits per heavy atom. The largest absolute Gasteiger partial charge is 0.482 e. The predicted molar refractivity (Wildman–Crippen MR) is 50.6 cm³/mol. The van der Waals surface area contributed by atoms with Gasteiger partial charge >= 0.3 is 5.97 Å². The highest BCUT2D eigenvalue weighted by Gasteiger charge is 2.01. The Morgan fingerprint density at radius 1 is 1.57 bits per heavy atom. The Labute approximate surface area is 80.6 Å². The van der Waals surface area contributed by atoms with E-state index in [1.807, 2.05) is 0 Å². The zero-order chi connectivity index (χ0) is 10.6. The molecule has 1 rings (SSSR count). The van der Waals surface area contributed by atoms with Crippen LogP contribution in [0.3, 0.4) is 0 Å². The number of carboxylic acid groups (broad SMARTS) is 1. The van der Waals surface area contributed by atoms with Gasteiger partial charge in [-0.05, 0) is 12.1 Å². The van der Waals surface area contributed by atoms with Gasteiger partial charge in [0, 0.05) is 5.56 Å². The van der Waals surface area contributed by atoms with E-state index in [0.29, 0.717) is 11.3 Å². The number of benzene rings is 1. The maximum absolute atomic E-state index is 10.2. The molecule has 4 N–H and O–H groups in total. The van der Waals surface area contributed by atoms with Crippen LogP contribution < -0.4 is 10.5 Å². The lowest BCUT2D eigenvalue weighted by Crippen LogP contribution is -2.12. The molecule has 0 aliphatic heterocycles. The van der Waals surface area contributed by atoms with Gasteiger partial charge in [-0.2, -0.15) is 0 Å². The summed E-state index contributed by atoms with van der Waals surface area (Å²) in [5, 5.41) is 15.5. The normalized spacial score (nSPS) is 9.43. The van der Waals surface area contributed by atoms with Crippen LogP contribution >= 0.6 is 0 Å². The summed E-state index contributed by atoms with van der Waals surface area (Å²) < 4.78 is 4.91. The molecule has 0 fully saturated rings. The van der Waals surface area contributed by atoms with Gasteiger partial charge in [0.2, 0.25) is 0 Å². The first-order valence-electron chi connectivity index (χ1n) is 3.88. The van der Waals surface area contributed by atoms with Gasteiger partial charge in [0.1, 0.15) is 11.6 Å². The monoisotopic (exact) mass is 194 g/mol. The zero-order valence-electron chi connectivity index (χ0n) is 7.36. The standard InChI is InChI=1S/C9H10N2O3/c10-9(11)6-2-1-3-7(4-6)14-5-8(12)13/h1-4H,5H2,(H3,10,11)(H,12,13). The van der Waals surface area contributed by atoms with E-state index in [1.54, 1.807) is 18.2 Å². The molecule has 0 saturated carbocycles. The minimum atomic E-state index is -1.04. The Morgan fingerprint density at radius 2 is 2.29 bits per heavy atom. The second-order valence-electron chi connectivity index (χ2n) is 2.62. The van der Waals surface area contributed by atoms with Crippen molar-refractivity contribution in [1.82, 2.24) is 0 Å². The molecule has 5 nitrogen and oxygen atoms in total. The molecule has 0 aliphatic carbocycles. The lowest BCUT2D eigenvalue weighted by Gasteiger charge is -2.04. The molecule has 5 heteroatoms. The third-order valence-corrected chi connectivity index (χ3v) is 1.51. The highest BCUT2D eigenvalue weighted by atomic mass is 16.5. The van der Waals surface area contributed by atoms with Gasteiger partial charge in [-0.15, -0.1) is 0 Å². The fourth-order valence-electron chi connectivity index (χ4n) is 0.898. The van der Waals surface area contributed by atoms with Crippen LogP contribution in [0.4, 0.5) is 0 Å². The van der Waals surface area contributed by atoms with E-state index < -0.39 is 12.6 Å². The average molecular weight is 194 g/mol. The number of carbonyl (C=O) groups is 1. The number of amidine groups is 1. The summed E-state index contributed by atoms with van der Waals surface area (Å²) in [4.78, 5) is 10.2. The maximum atomic E-state index is 10.2. The molecule has 14 heavy (non-hydrogen) atoms. The number of hydrogen-bond acceptors (Lipinski definition) is 3. The number of hydrogen-bond donors (Lipinski definition) is 3. The van der Waals surface area contributed by atoms with Crippen LogP contribution in [0.5, 0.6) is 5.75 Å². The van der Waals surface area contributed by atoms with Crippen LogP contribution in [-0.4, -0.2) is 23.5 Å². The Hall–Kier alpha value is -2.04. The number of nitrogens with one attached hydrogen (secondary N) is 1. The lowest BCUT2D eigenvalue weighted by molar-refractivity contribution is -0.139. The quantitative estimate of drug-likeness (QED) is 0.478. The molecular formula is C9H10N2O3. The Bertz CT molecular complexity index is 363. The SMILES string of the molecule is N=C(N)c1cccc(OCC(=O)O)c1. The zero-order valence-corrected chi connectivity index (χ0v) is 7.36. The number of rotatable bonds is 4. The molecule has 0 aromatic heterocycles. The van der Waals surface area contributed by atoms with Crippen molar-refractivity contribution in [1.29, 1.82) is 5.41 Å². The van der Waals surface area contributed by atoms with Crippen LogP contribution in [0.2, 0.25) is 0 Å². The van der Waals surface area contributed by atoms with Gasteiger partial charge in [-0.3, -0.25) is 5.41 Å². The third-order valence-electron chi connectivity index (χ3n) is 1.51. The van der Waals surface area contributed by atoms with Crippen LogP contribution in [0.15, 0.2) is 24.3 Å². The van der Waals surface area contributed by atoms with Crippen molar-refractivity contribution in [2.75, 3.05) is 6.61 Å². The lowest BCUT2D eigenvalue weighted by atomic mass is 10.2. The smallest absolute Gasteiger partial charge is 0.341 e. The molecule has 0 spiro atoms. The second-order valence-corrected chi connectivity index (χ2v) is 2.62. The molecule has 0 radical (unpaired) electrons. The number of nitrogen functional groups attached to an aromatic ring is 1. The van der Waals surface area contributed by atoms with Gasteiger partial charge in [0.15, 0.2) is 6.61 Å². The first kappa shape index (κ1) is 10.0. The summed E-state index contributed by atoms with van der Waals surface area (Å²) >= 11 is 0. The van der Waals surface area contributed by atoms with E-state index in [9.17, 15) is 4.79 Å². The van der Waals surface area contributed by atoms with Gasteiger partial charge in [-0.1, -0.05) is 12.1 Å². The van der Waals surface area contributed by atoms with Crippen molar-refractivity contribution in [3.8, 4) is 5.75 Å². The Kier molecular flexibility index (Phi) is 3.06. The first-order chi connectivity index (χ1) is 6.59. The molecule has 0 atom stereocenters. The van der Waals surface area contributed by atoms with Crippen LogP contribution in [-0.2, 0) is 4.79 Å². The van der Waals surface area contributed by atoms with Crippen LogP contribution in [0.25, 0.3) is 0 Å². The molecule has 0 saturated heterocycles. The first-order valence-corrected chi connectivity index (χ1v) is 3.88. The van der Waals surface area contributed by atoms with Crippen molar-refractivity contribution in [2.45, 2.75) is 0 Å². The maximum Gasteiger partial charge on any atom is 0.341 e. The molecule has 1 aromatic carbocycles. The predicted octanol–water partition coefficient (Wildman–Crippen LogP) is 0.434. The highest BCUT2D eigenvalue weighted by molar-refractivity contribution is 5.95. The van der Waals surface area contributed by atoms with Gasteiger partial charge < -0.3 is 15.6 Å². The molecular weight excluding hydrogens is 184 g/mol. The molecule has 0 amide bonds. The average Bonchev–Trinajstić information content (AvgIpc) is 2.15. The van der Waals surface area contributed by atoms with Crippen LogP contribution in [0, 0.1) is 5.41 Å². The van der Waals surface area contributed by atoms with Crippen molar-refractivity contribution in [3.05, 3.63) is 29.8 Å². The molecule has 0 aliphatic rings. The van der Waals surface area contributed by atoms with Crippen LogP contribution in [0.1, 0.15) is 5.56 Å². The molecule has 0 bridgehead atoms. The minimum absolute atomic E-state index is 0.0780. The van der Waals surface area contributed by atoms with Gasteiger partial charge in [-0.25, -0.2) is 4.79 Å². The topological polar surface area (TPSA) is 96.4 Å². The van der Waals surface area contributed by atoms with E-state index in [0.717, 1.165) is 0 Å². The molecule has 0 heterocycles. The molecule has 0 unspecified atom stereocenters. The van der Waals surface area contributed by atoms with E-state index in [-0.39, 0.29) is 5.84 Å². The minimum Gasteiger partial charge on any atom is -0.482 e. The molecule has 1 aromatic rings. The summed E-state index contributed by atoms with van der Waals surface area (Å²) in [6.07, 6.45) is 0. The molecule has 74 valence electrons. The fourth-order valence-corrected chi connectivity index (χ4v) is 0.898. The number of aliphatic carboxylic acids is 1. The summed E-state index contributed by atoms with van der Waals surface area (Å²) in [5.41, 5.74) is 5.76. The van der Waals surface area contributed by atoms with E-state index in [4.69, 9.17) is 21.0 Å². The van der Waals surface area contributed by atoms with E-state index in [1.165, 1.54) is 6.07 Å². The summed E-state index contributed by atoms with van der Waals surface area (Å²) in [5.74, 6) is -0.732. The summed E-state index contributed by atoms with van der Waals surface area (Å²) in [6.45, 7) is -0.401. The fraction of sp³-hybridized carbons (Fsp3) is 0.111. The van der Waals surface area contributed by atoms with Crippen molar-refractivity contribution in [3.63, 3.8) is 0 Å². The van der Waals surface area contributed by atoms with Gasteiger partial charge in [0.05, 0.1) is 0 Å². The van der Waals surface area contributed by atoms with Crippen molar-refractivity contribution in [2.24, 2.45) is 5.73 Å². The highest BCUT2D eigenvalue weighted by Crippen LogP contribution is 2.12. The van der Waals surface area contributed by atoms with Gasteiger partial charge in [0.25, 0.3) is 0 Å². The van der Waals surface area contributed by atoms with E-state index in [2.05, 4.69) is 0 Å². The summed E-state index contributed by atoms with van der Waals surface area (Å²) in [7, 11) is 0. The third kappa shape index (κ3) is 2.78. The Balaban J connectivity index is 2.73.